The van der Waals surface area contributed by atoms with Gasteiger partial charge in [0.2, 0.25) is 0 Å². The van der Waals surface area contributed by atoms with Crippen molar-refractivity contribution in [3.05, 3.63) is 39.9 Å². The Kier molecular flexibility index (Phi) is 12.9. The van der Waals surface area contributed by atoms with Crippen molar-refractivity contribution in [2.75, 3.05) is 72.1 Å². The van der Waals surface area contributed by atoms with Crippen LogP contribution in [0.25, 0.3) is 0 Å². The molecule has 3 atom stereocenters. The molecule has 1 aliphatic rings. The highest BCUT2D eigenvalue weighted by atomic mass is 31.1. The number of carbonyl (C=O) groups is 3. The molecule has 1 fully saturated rings. The van der Waals surface area contributed by atoms with Gasteiger partial charge in [0.25, 0.3) is 5.69 Å². The first-order valence-electron chi connectivity index (χ1n) is 12.4. The molecule has 0 amide bonds. The van der Waals surface area contributed by atoms with Crippen molar-refractivity contribution in [2.45, 2.75) is 18.3 Å². The summed E-state index contributed by atoms with van der Waals surface area (Å²) in [4.78, 5) is 50.4. The monoisotopic (exact) mass is 573 g/mol. The second-order valence-electron chi connectivity index (χ2n) is 9.08. The van der Waals surface area contributed by atoms with E-state index in [1.54, 1.807) is 21.6 Å². The lowest BCUT2D eigenvalue weighted by Gasteiger charge is -2.45. The van der Waals surface area contributed by atoms with Gasteiger partial charge in [0.1, 0.15) is 8.46 Å². The van der Waals surface area contributed by atoms with E-state index in [9.17, 15) is 44.4 Å². The molecule has 1 aromatic carbocycles. The summed E-state index contributed by atoms with van der Waals surface area (Å²) in [7, 11) is -1.81. The number of aliphatic carboxylic acids is 3. The first kappa shape index (κ1) is 32.3. The molecule has 39 heavy (non-hydrogen) atoms. The Morgan fingerprint density at radius 2 is 1.56 bits per heavy atom. The van der Waals surface area contributed by atoms with Crippen LogP contribution in [0.5, 0.6) is 0 Å². The number of ether oxygens (including phenoxy) is 1. The molecule has 4 N–H and O–H groups in total. The van der Waals surface area contributed by atoms with E-state index in [1.807, 2.05) is 0 Å². The van der Waals surface area contributed by atoms with Crippen LogP contribution in [0.4, 0.5) is 5.69 Å². The third-order valence-corrected chi connectivity index (χ3v) is 7.66. The van der Waals surface area contributed by atoms with Gasteiger partial charge < -0.3 is 29.9 Å². The molecule has 0 spiro atoms. The number of nitrogens with one attached hydrogen (secondary N) is 1. The Hall–Kier alpha value is -2.94. The number of carboxylic acid groups (broad SMARTS) is 3. The van der Waals surface area contributed by atoms with Crippen LogP contribution in [0.3, 0.4) is 0 Å². The predicted octanol–water partition coefficient (Wildman–Crippen LogP) is -0.328. The molecule has 1 heterocycles. The van der Waals surface area contributed by atoms with Crippen LogP contribution >= 0.6 is 8.46 Å². The number of nitro benzene ring substituents is 1. The van der Waals surface area contributed by atoms with E-state index in [1.165, 1.54) is 24.3 Å². The molecule has 1 aromatic rings. The Labute approximate surface area is 226 Å². The Balaban J connectivity index is 2.63. The van der Waals surface area contributed by atoms with Gasteiger partial charge in [-0.3, -0.25) is 39.2 Å². The number of rotatable bonds is 12. The van der Waals surface area contributed by atoms with Crippen molar-refractivity contribution in [1.82, 2.24) is 20.0 Å². The average molecular weight is 574 g/mol. The zero-order valence-corrected chi connectivity index (χ0v) is 22.9. The SMILES string of the molecule is CCOC([PH2]=O)(c1ccc([N+](=O)[O-])cc1)C1CN(CC(=O)O)CCN(CC(=O)O)CCNCCN1CC(=O)O. The summed E-state index contributed by atoms with van der Waals surface area (Å²) in [5.74, 6) is -3.33. The van der Waals surface area contributed by atoms with Crippen molar-refractivity contribution in [3.8, 4) is 0 Å². The molecular formula is C23H36N5O10P. The normalized spacial score (nSPS) is 20.6. The fourth-order valence-corrected chi connectivity index (χ4v) is 5.71. The highest BCUT2D eigenvalue weighted by Gasteiger charge is 2.45. The molecule has 218 valence electrons. The first-order valence-corrected chi connectivity index (χ1v) is 13.5. The number of benzene rings is 1. The van der Waals surface area contributed by atoms with Gasteiger partial charge in [0.15, 0.2) is 5.34 Å². The molecule has 16 heteroatoms. The summed E-state index contributed by atoms with van der Waals surface area (Å²) < 4.78 is 19.2. The maximum atomic E-state index is 13.1. The van der Waals surface area contributed by atoms with Crippen LogP contribution < -0.4 is 5.32 Å². The fourth-order valence-electron chi connectivity index (χ4n) is 4.68. The van der Waals surface area contributed by atoms with Gasteiger partial charge in [0, 0.05) is 64.6 Å². The highest BCUT2D eigenvalue weighted by molar-refractivity contribution is 7.25. The summed E-state index contributed by atoms with van der Waals surface area (Å²) in [6.07, 6.45) is 0. The van der Waals surface area contributed by atoms with E-state index in [4.69, 9.17) is 4.74 Å². The lowest BCUT2D eigenvalue weighted by atomic mass is 9.97. The van der Waals surface area contributed by atoms with Crippen molar-refractivity contribution in [2.24, 2.45) is 0 Å². The molecule has 3 unspecified atom stereocenters. The zero-order valence-electron chi connectivity index (χ0n) is 21.7. The summed E-state index contributed by atoms with van der Waals surface area (Å²) in [6, 6.07) is 4.39. The second kappa shape index (κ2) is 15.6. The molecule has 0 radical (unpaired) electrons. The standard InChI is InChI=1S/C23H36N5O10P/c1-2-38-23(39-37,17-3-5-18(6-4-17)28(35)36)19-13-26(15-21(31)32)12-11-25(14-20(29)30)9-7-24-8-10-27(19)16-22(33)34/h3-6,19,24H,2,7-16,39H2,1H3,(H,29,30)(H,31,32)(H,33,34). The largest absolute Gasteiger partial charge is 0.480 e. The summed E-state index contributed by atoms with van der Waals surface area (Å²) in [5, 5.41) is 41.4. The van der Waals surface area contributed by atoms with Crippen molar-refractivity contribution in [3.63, 3.8) is 0 Å². The average Bonchev–Trinajstić information content (AvgIpc) is 2.86. The summed E-state index contributed by atoms with van der Waals surface area (Å²) >= 11 is 0. The van der Waals surface area contributed by atoms with Gasteiger partial charge in [-0.05, 0) is 24.6 Å². The van der Waals surface area contributed by atoms with Crippen molar-refractivity contribution in [1.29, 1.82) is 0 Å². The van der Waals surface area contributed by atoms with Crippen LogP contribution in [0.1, 0.15) is 12.5 Å². The first-order chi connectivity index (χ1) is 18.5. The molecule has 1 saturated heterocycles. The van der Waals surface area contributed by atoms with Gasteiger partial charge >= 0.3 is 17.9 Å². The molecule has 1 aliphatic heterocycles. The lowest BCUT2D eigenvalue weighted by Crippen LogP contribution is -2.58. The van der Waals surface area contributed by atoms with Gasteiger partial charge in [-0.2, -0.15) is 0 Å². The van der Waals surface area contributed by atoms with E-state index < -0.39 is 55.8 Å². The summed E-state index contributed by atoms with van der Waals surface area (Å²) in [5.41, 5.74) is 0.143. The Morgan fingerprint density at radius 3 is 2.10 bits per heavy atom. The number of non-ortho nitro benzene ring substituents is 1. The maximum Gasteiger partial charge on any atom is 0.317 e. The fraction of sp³-hybridized carbons (Fsp3) is 0.609. The third-order valence-electron chi connectivity index (χ3n) is 6.42. The predicted molar refractivity (Wildman–Crippen MR) is 141 cm³/mol. The molecule has 0 bridgehead atoms. The minimum absolute atomic E-state index is 0.0766. The quantitative estimate of drug-likeness (QED) is 0.144. The van der Waals surface area contributed by atoms with Crippen LogP contribution in [0, 0.1) is 10.1 Å². The van der Waals surface area contributed by atoms with Crippen LogP contribution in [0.2, 0.25) is 0 Å². The number of hydrogen-bond acceptors (Lipinski definition) is 11. The molecular weight excluding hydrogens is 537 g/mol. The molecule has 2 rings (SSSR count). The number of nitro groups is 1. The minimum atomic E-state index is -1.81. The second-order valence-corrected chi connectivity index (χ2v) is 10.2. The van der Waals surface area contributed by atoms with E-state index in [0.717, 1.165) is 0 Å². The number of hydrogen-bond donors (Lipinski definition) is 4. The Bertz CT molecular complexity index is 1010. The number of nitrogens with zero attached hydrogens (tertiary/aromatic N) is 4. The van der Waals surface area contributed by atoms with E-state index in [0.29, 0.717) is 25.2 Å². The molecule has 15 nitrogen and oxygen atoms in total. The van der Waals surface area contributed by atoms with Gasteiger partial charge in [0.05, 0.1) is 30.6 Å². The van der Waals surface area contributed by atoms with Crippen LogP contribution in [-0.2, 0) is 29.0 Å². The van der Waals surface area contributed by atoms with E-state index in [2.05, 4.69) is 5.32 Å². The zero-order chi connectivity index (χ0) is 29.0. The van der Waals surface area contributed by atoms with Gasteiger partial charge in [-0.25, -0.2) is 0 Å². The van der Waals surface area contributed by atoms with E-state index >= 15 is 0 Å². The summed E-state index contributed by atoms with van der Waals surface area (Å²) in [6.45, 7) is 2.14. The van der Waals surface area contributed by atoms with Crippen molar-refractivity contribution >= 4 is 32.1 Å². The Morgan fingerprint density at radius 1 is 1.00 bits per heavy atom. The molecule has 0 aliphatic carbocycles. The number of carboxylic acids is 3. The van der Waals surface area contributed by atoms with Crippen molar-refractivity contribution < 1.29 is 43.9 Å². The highest BCUT2D eigenvalue weighted by Crippen LogP contribution is 2.43. The van der Waals surface area contributed by atoms with E-state index in [-0.39, 0.29) is 45.0 Å². The van der Waals surface area contributed by atoms with Crippen LogP contribution in [0.15, 0.2) is 24.3 Å². The topological polar surface area (TPSA) is 203 Å². The third kappa shape index (κ3) is 9.64. The molecule has 0 aromatic heterocycles. The van der Waals surface area contributed by atoms with Gasteiger partial charge in [-0.15, -0.1) is 0 Å². The molecule has 0 saturated carbocycles. The maximum absolute atomic E-state index is 13.1. The van der Waals surface area contributed by atoms with Crippen LogP contribution in [-0.4, -0.2) is 131 Å². The smallest absolute Gasteiger partial charge is 0.317 e. The minimum Gasteiger partial charge on any atom is -0.480 e. The van der Waals surface area contributed by atoms with Gasteiger partial charge in [-0.1, -0.05) is 0 Å². The lowest BCUT2D eigenvalue weighted by molar-refractivity contribution is -0.384.